The van der Waals surface area contributed by atoms with Crippen LogP contribution in [0.4, 0.5) is 0 Å². The van der Waals surface area contributed by atoms with Crippen molar-refractivity contribution in [1.29, 1.82) is 0 Å². The standard InChI is InChI=1S/C19H23NO5S/c1-19(2,3)15-10-14(6-8-16(15)23-4)26(21,22)20-11-13-5-7-17-18(9-13)25-12-24-17/h5-10,20H,11-12H2,1-4H3. The zero-order valence-corrected chi connectivity index (χ0v) is 16.1. The van der Waals surface area contributed by atoms with Gasteiger partial charge in [0.15, 0.2) is 11.5 Å². The van der Waals surface area contributed by atoms with Crippen LogP contribution in [0.25, 0.3) is 0 Å². The van der Waals surface area contributed by atoms with Crippen LogP contribution in [0.5, 0.6) is 17.2 Å². The molecule has 140 valence electrons. The Morgan fingerprint density at radius 2 is 1.81 bits per heavy atom. The van der Waals surface area contributed by atoms with Gasteiger partial charge >= 0.3 is 0 Å². The van der Waals surface area contributed by atoms with E-state index in [0.29, 0.717) is 17.2 Å². The van der Waals surface area contributed by atoms with E-state index in [1.54, 1.807) is 37.4 Å². The monoisotopic (exact) mass is 377 g/mol. The van der Waals surface area contributed by atoms with Gasteiger partial charge in [0.25, 0.3) is 0 Å². The molecule has 1 aliphatic heterocycles. The Labute approximate surface area is 154 Å². The quantitative estimate of drug-likeness (QED) is 0.866. The Hall–Kier alpha value is -2.25. The molecule has 0 spiro atoms. The minimum Gasteiger partial charge on any atom is -0.496 e. The number of fused-ring (bicyclic) bond motifs is 1. The first kappa shape index (κ1) is 18.5. The lowest BCUT2D eigenvalue weighted by Crippen LogP contribution is -2.24. The molecule has 2 aromatic rings. The second-order valence-electron chi connectivity index (χ2n) is 7.12. The molecule has 0 saturated heterocycles. The molecule has 1 aliphatic rings. The summed E-state index contributed by atoms with van der Waals surface area (Å²) in [7, 11) is -2.08. The van der Waals surface area contributed by atoms with Gasteiger partial charge < -0.3 is 14.2 Å². The number of sulfonamides is 1. The number of rotatable bonds is 5. The first-order chi connectivity index (χ1) is 12.2. The smallest absolute Gasteiger partial charge is 0.240 e. The molecule has 26 heavy (non-hydrogen) atoms. The molecule has 7 heteroatoms. The summed E-state index contributed by atoms with van der Waals surface area (Å²) in [5.41, 5.74) is 1.39. The molecule has 1 heterocycles. The van der Waals surface area contributed by atoms with Crippen molar-refractivity contribution in [3.63, 3.8) is 0 Å². The van der Waals surface area contributed by atoms with Crippen molar-refractivity contribution in [2.24, 2.45) is 0 Å². The number of ether oxygens (including phenoxy) is 3. The normalized spacial score (nSPS) is 13.7. The maximum absolute atomic E-state index is 12.7. The van der Waals surface area contributed by atoms with E-state index >= 15 is 0 Å². The van der Waals surface area contributed by atoms with E-state index in [-0.39, 0.29) is 23.6 Å². The zero-order chi connectivity index (χ0) is 18.9. The minimum absolute atomic E-state index is 0.163. The summed E-state index contributed by atoms with van der Waals surface area (Å²) in [6, 6.07) is 10.3. The fraction of sp³-hybridized carbons (Fsp3) is 0.368. The van der Waals surface area contributed by atoms with Crippen LogP contribution < -0.4 is 18.9 Å². The van der Waals surface area contributed by atoms with Gasteiger partial charge in [0.1, 0.15) is 5.75 Å². The highest BCUT2D eigenvalue weighted by Gasteiger charge is 2.23. The maximum Gasteiger partial charge on any atom is 0.240 e. The first-order valence-electron chi connectivity index (χ1n) is 8.27. The van der Waals surface area contributed by atoms with Crippen LogP contribution in [-0.4, -0.2) is 22.3 Å². The van der Waals surface area contributed by atoms with Crippen molar-refractivity contribution >= 4 is 10.0 Å². The molecular formula is C19H23NO5S. The highest BCUT2D eigenvalue weighted by atomic mass is 32.2. The molecule has 0 bridgehead atoms. The second kappa shape index (κ2) is 6.81. The summed E-state index contributed by atoms with van der Waals surface area (Å²) >= 11 is 0. The summed E-state index contributed by atoms with van der Waals surface area (Å²) in [5.74, 6) is 1.97. The van der Waals surface area contributed by atoms with Gasteiger partial charge in [0.2, 0.25) is 16.8 Å². The van der Waals surface area contributed by atoms with Crippen molar-refractivity contribution in [2.45, 2.75) is 37.6 Å². The summed E-state index contributed by atoms with van der Waals surface area (Å²) in [6.45, 7) is 6.39. The Morgan fingerprint density at radius 1 is 1.08 bits per heavy atom. The van der Waals surface area contributed by atoms with Crippen molar-refractivity contribution < 1.29 is 22.6 Å². The van der Waals surface area contributed by atoms with E-state index in [1.807, 2.05) is 26.8 Å². The van der Waals surface area contributed by atoms with Crippen molar-refractivity contribution in [3.8, 4) is 17.2 Å². The molecule has 0 atom stereocenters. The van der Waals surface area contributed by atoms with Crippen LogP contribution in [0.15, 0.2) is 41.3 Å². The molecule has 0 unspecified atom stereocenters. The molecule has 3 rings (SSSR count). The Balaban J connectivity index is 1.82. The van der Waals surface area contributed by atoms with Gasteiger partial charge in [0, 0.05) is 12.1 Å². The molecule has 1 N–H and O–H groups in total. The third-order valence-corrected chi connectivity index (χ3v) is 5.59. The van der Waals surface area contributed by atoms with Crippen LogP contribution in [0.3, 0.4) is 0 Å². The number of benzene rings is 2. The molecule has 0 aromatic heterocycles. The Kier molecular flexibility index (Phi) is 4.86. The topological polar surface area (TPSA) is 73.9 Å². The van der Waals surface area contributed by atoms with Crippen molar-refractivity contribution in [3.05, 3.63) is 47.5 Å². The zero-order valence-electron chi connectivity index (χ0n) is 15.3. The molecule has 2 aromatic carbocycles. The van der Waals surface area contributed by atoms with Gasteiger partial charge in [-0.1, -0.05) is 26.8 Å². The average Bonchev–Trinajstić information content (AvgIpc) is 3.06. The summed E-state index contributed by atoms with van der Waals surface area (Å²) in [4.78, 5) is 0.212. The fourth-order valence-electron chi connectivity index (χ4n) is 2.75. The van der Waals surface area contributed by atoms with Crippen LogP contribution >= 0.6 is 0 Å². The first-order valence-corrected chi connectivity index (χ1v) is 9.76. The van der Waals surface area contributed by atoms with Gasteiger partial charge in [-0.2, -0.15) is 0 Å². The van der Waals surface area contributed by atoms with Crippen LogP contribution in [0.1, 0.15) is 31.9 Å². The summed E-state index contributed by atoms with van der Waals surface area (Å²) < 4.78 is 44.0. The molecule has 0 saturated carbocycles. The predicted octanol–water partition coefficient (Wildman–Crippen LogP) is 3.20. The Morgan fingerprint density at radius 3 is 2.50 bits per heavy atom. The van der Waals surface area contributed by atoms with Gasteiger partial charge in [-0.25, -0.2) is 13.1 Å². The summed E-state index contributed by atoms with van der Waals surface area (Å²) in [5, 5.41) is 0. The lowest BCUT2D eigenvalue weighted by Gasteiger charge is -2.23. The largest absolute Gasteiger partial charge is 0.496 e. The molecular weight excluding hydrogens is 354 g/mol. The van der Waals surface area contributed by atoms with Crippen LogP contribution in [-0.2, 0) is 22.0 Å². The van der Waals surface area contributed by atoms with Gasteiger partial charge in [-0.05, 0) is 41.3 Å². The van der Waals surface area contributed by atoms with Crippen LogP contribution in [0.2, 0.25) is 0 Å². The molecule has 0 aliphatic carbocycles. The minimum atomic E-state index is -3.66. The van der Waals surface area contributed by atoms with Gasteiger partial charge in [-0.15, -0.1) is 0 Å². The second-order valence-corrected chi connectivity index (χ2v) is 8.89. The third-order valence-electron chi connectivity index (χ3n) is 4.19. The average molecular weight is 377 g/mol. The SMILES string of the molecule is COc1ccc(S(=O)(=O)NCc2ccc3c(c2)OCO3)cc1C(C)(C)C. The van der Waals surface area contributed by atoms with Crippen molar-refractivity contribution in [1.82, 2.24) is 4.72 Å². The lowest BCUT2D eigenvalue weighted by atomic mass is 9.86. The number of methoxy groups -OCH3 is 1. The van der Waals surface area contributed by atoms with E-state index in [9.17, 15) is 8.42 Å². The summed E-state index contributed by atoms with van der Waals surface area (Å²) in [6.07, 6.45) is 0. The van der Waals surface area contributed by atoms with Gasteiger partial charge in [0.05, 0.1) is 12.0 Å². The number of hydrogen-bond donors (Lipinski definition) is 1. The third kappa shape index (κ3) is 3.78. The fourth-order valence-corrected chi connectivity index (χ4v) is 3.80. The van der Waals surface area contributed by atoms with Gasteiger partial charge in [-0.3, -0.25) is 0 Å². The molecule has 0 radical (unpaired) electrons. The van der Waals surface area contributed by atoms with E-state index in [1.165, 1.54) is 0 Å². The number of hydrogen-bond acceptors (Lipinski definition) is 5. The predicted molar refractivity (Wildman–Crippen MR) is 98.3 cm³/mol. The molecule has 0 amide bonds. The van der Waals surface area contributed by atoms with E-state index in [2.05, 4.69) is 4.72 Å². The van der Waals surface area contributed by atoms with E-state index in [4.69, 9.17) is 14.2 Å². The van der Waals surface area contributed by atoms with Crippen LogP contribution in [0, 0.1) is 0 Å². The number of nitrogens with one attached hydrogen (secondary N) is 1. The highest BCUT2D eigenvalue weighted by Crippen LogP contribution is 2.34. The molecule has 6 nitrogen and oxygen atoms in total. The van der Waals surface area contributed by atoms with E-state index < -0.39 is 10.0 Å². The Bertz CT molecular complexity index is 916. The van der Waals surface area contributed by atoms with Crippen molar-refractivity contribution in [2.75, 3.05) is 13.9 Å². The van der Waals surface area contributed by atoms with E-state index in [0.717, 1.165) is 11.1 Å². The maximum atomic E-state index is 12.7. The highest BCUT2D eigenvalue weighted by molar-refractivity contribution is 7.89. The lowest BCUT2D eigenvalue weighted by molar-refractivity contribution is 0.174. The molecule has 0 fully saturated rings.